The fourth-order valence-corrected chi connectivity index (χ4v) is 2.68. The monoisotopic (exact) mass is 298 g/mol. The Hall–Kier alpha value is -1.07. The fourth-order valence-electron chi connectivity index (χ4n) is 2.27. The number of hydrogen-bond acceptors (Lipinski definition) is 3. The zero-order chi connectivity index (χ0) is 14.2. The van der Waals surface area contributed by atoms with Crippen molar-refractivity contribution < 1.29 is 0 Å². The smallest absolute Gasteiger partial charge is 0.0761 e. The highest BCUT2D eigenvalue weighted by Crippen LogP contribution is 2.32. The highest BCUT2D eigenvalue weighted by molar-refractivity contribution is 6.33. The minimum atomic E-state index is -0.236. The van der Waals surface area contributed by atoms with Crippen LogP contribution in [-0.4, -0.2) is 9.78 Å². The number of hydrogen-bond donors (Lipinski definition) is 2. The summed E-state index contributed by atoms with van der Waals surface area (Å²) >= 11 is 12.3. The molecule has 0 amide bonds. The van der Waals surface area contributed by atoms with Crippen molar-refractivity contribution in [3.63, 3.8) is 0 Å². The number of benzene rings is 1. The maximum absolute atomic E-state index is 6.25. The number of hydrazine groups is 1. The first-order valence-electron chi connectivity index (χ1n) is 5.87. The second-order valence-corrected chi connectivity index (χ2v) is 5.32. The molecule has 1 unspecified atom stereocenters. The molecule has 1 aromatic heterocycles. The third-order valence-electron chi connectivity index (χ3n) is 3.29. The van der Waals surface area contributed by atoms with Crippen LogP contribution < -0.4 is 11.3 Å². The second-order valence-electron chi connectivity index (χ2n) is 4.47. The van der Waals surface area contributed by atoms with Gasteiger partial charge < -0.3 is 0 Å². The first-order valence-corrected chi connectivity index (χ1v) is 6.62. The van der Waals surface area contributed by atoms with Gasteiger partial charge in [0.15, 0.2) is 0 Å². The number of halogens is 2. The molecule has 0 radical (unpaired) electrons. The summed E-state index contributed by atoms with van der Waals surface area (Å²) in [7, 11) is 1.90. The zero-order valence-corrected chi connectivity index (χ0v) is 12.5. The maximum atomic E-state index is 6.25. The molecule has 0 spiro atoms. The van der Waals surface area contributed by atoms with Crippen molar-refractivity contribution in [2.45, 2.75) is 19.9 Å². The predicted octanol–water partition coefficient (Wildman–Crippen LogP) is 2.90. The van der Waals surface area contributed by atoms with E-state index < -0.39 is 0 Å². The van der Waals surface area contributed by atoms with Crippen molar-refractivity contribution in [1.29, 1.82) is 0 Å². The van der Waals surface area contributed by atoms with Gasteiger partial charge in [-0.1, -0.05) is 23.2 Å². The van der Waals surface area contributed by atoms with Gasteiger partial charge in [-0.3, -0.25) is 10.5 Å². The molecular weight excluding hydrogens is 283 g/mol. The third-order valence-corrected chi connectivity index (χ3v) is 3.87. The van der Waals surface area contributed by atoms with E-state index >= 15 is 0 Å². The van der Waals surface area contributed by atoms with Crippen molar-refractivity contribution in [3.8, 4) is 0 Å². The molecule has 19 heavy (non-hydrogen) atoms. The van der Waals surface area contributed by atoms with Crippen LogP contribution in [0.5, 0.6) is 0 Å². The number of aryl methyl sites for hydroxylation is 2. The lowest BCUT2D eigenvalue weighted by atomic mass is 9.97. The van der Waals surface area contributed by atoms with E-state index in [0.717, 1.165) is 22.5 Å². The van der Waals surface area contributed by atoms with Gasteiger partial charge in [-0.05, 0) is 37.6 Å². The van der Waals surface area contributed by atoms with Crippen LogP contribution in [0.3, 0.4) is 0 Å². The summed E-state index contributed by atoms with van der Waals surface area (Å²) < 4.78 is 1.83. The van der Waals surface area contributed by atoms with Gasteiger partial charge in [0, 0.05) is 28.4 Å². The van der Waals surface area contributed by atoms with E-state index in [2.05, 4.69) is 10.5 Å². The maximum Gasteiger partial charge on any atom is 0.0761 e. The van der Waals surface area contributed by atoms with Gasteiger partial charge in [0.25, 0.3) is 0 Å². The number of aromatic nitrogens is 2. The molecule has 3 N–H and O–H groups in total. The average molecular weight is 299 g/mol. The number of nitrogens with one attached hydrogen (secondary N) is 1. The summed E-state index contributed by atoms with van der Waals surface area (Å²) in [4.78, 5) is 0. The molecule has 0 bridgehead atoms. The van der Waals surface area contributed by atoms with E-state index in [-0.39, 0.29) is 6.04 Å². The van der Waals surface area contributed by atoms with E-state index in [4.69, 9.17) is 29.0 Å². The van der Waals surface area contributed by atoms with Crippen molar-refractivity contribution in [1.82, 2.24) is 15.2 Å². The third kappa shape index (κ3) is 2.62. The Morgan fingerprint density at radius 1 is 1.32 bits per heavy atom. The molecule has 1 aromatic carbocycles. The molecule has 0 aliphatic carbocycles. The van der Waals surface area contributed by atoms with Crippen LogP contribution in [0.2, 0.25) is 10.0 Å². The van der Waals surface area contributed by atoms with Gasteiger partial charge in [-0.15, -0.1) is 0 Å². The molecular formula is C13H16Cl2N4. The summed E-state index contributed by atoms with van der Waals surface area (Å²) in [5.41, 5.74) is 6.62. The van der Waals surface area contributed by atoms with Crippen molar-refractivity contribution >= 4 is 23.2 Å². The fraction of sp³-hybridized carbons (Fsp3) is 0.308. The molecule has 102 valence electrons. The van der Waals surface area contributed by atoms with Gasteiger partial charge >= 0.3 is 0 Å². The highest BCUT2D eigenvalue weighted by atomic mass is 35.5. The minimum absolute atomic E-state index is 0.236. The Labute approximate surface area is 122 Å². The van der Waals surface area contributed by atoms with E-state index in [1.165, 1.54) is 0 Å². The number of nitrogens with two attached hydrogens (primary N) is 1. The summed E-state index contributed by atoms with van der Waals surface area (Å²) in [5, 5.41) is 5.65. The molecule has 2 aromatic rings. The van der Waals surface area contributed by atoms with Crippen LogP contribution in [0.4, 0.5) is 0 Å². The van der Waals surface area contributed by atoms with Crippen LogP contribution in [-0.2, 0) is 7.05 Å². The largest absolute Gasteiger partial charge is 0.272 e. The Morgan fingerprint density at radius 3 is 2.53 bits per heavy atom. The summed E-state index contributed by atoms with van der Waals surface area (Å²) in [6, 6.07) is 5.11. The lowest BCUT2D eigenvalue weighted by Gasteiger charge is -2.19. The van der Waals surface area contributed by atoms with Crippen molar-refractivity contribution in [2.24, 2.45) is 12.9 Å². The summed E-state index contributed by atoms with van der Waals surface area (Å²) in [5.74, 6) is 5.71. The molecule has 0 aliphatic rings. The molecule has 0 aliphatic heterocycles. The molecule has 0 saturated heterocycles. The van der Waals surface area contributed by atoms with Crippen LogP contribution in [0.15, 0.2) is 18.2 Å². The first kappa shape index (κ1) is 14.3. The van der Waals surface area contributed by atoms with Crippen LogP contribution in [0, 0.1) is 13.8 Å². The van der Waals surface area contributed by atoms with E-state index in [0.29, 0.717) is 10.0 Å². The van der Waals surface area contributed by atoms with Crippen LogP contribution in [0.25, 0.3) is 0 Å². The van der Waals surface area contributed by atoms with E-state index in [1.807, 2.05) is 31.6 Å². The first-order chi connectivity index (χ1) is 8.95. The molecule has 1 heterocycles. The SMILES string of the molecule is Cc1nn(C)c(C)c1C(NN)c1cc(Cl)ccc1Cl. The van der Waals surface area contributed by atoms with E-state index in [9.17, 15) is 0 Å². The van der Waals surface area contributed by atoms with E-state index in [1.54, 1.807) is 12.1 Å². The molecule has 4 nitrogen and oxygen atoms in total. The summed E-state index contributed by atoms with van der Waals surface area (Å²) in [6.45, 7) is 3.95. The summed E-state index contributed by atoms with van der Waals surface area (Å²) in [6.07, 6.45) is 0. The molecule has 2 rings (SSSR count). The zero-order valence-electron chi connectivity index (χ0n) is 11.0. The lowest BCUT2D eigenvalue weighted by Crippen LogP contribution is -2.30. The minimum Gasteiger partial charge on any atom is -0.272 e. The van der Waals surface area contributed by atoms with Gasteiger partial charge in [0.1, 0.15) is 0 Å². The standard InChI is InChI=1S/C13H16Cl2N4/c1-7-12(8(2)19(3)18-7)13(17-16)10-6-9(14)4-5-11(10)15/h4-6,13,17H,16H2,1-3H3. The second kappa shape index (κ2) is 5.51. The predicted molar refractivity (Wildman–Crippen MR) is 78.3 cm³/mol. The van der Waals surface area contributed by atoms with Crippen molar-refractivity contribution in [2.75, 3.05) is 0 Å². The Morgan fingerprint density at radius 2 is 2.00 bits per heavy atom. The highest BCUT2D eigenvalue weighted by Gasteiger charge is 2.23. The Kier molecular flexibility index (Phi) is 4.16. The Bertz CT molecular complexity index is 607. The van der Waals surface area contributed by atoms with Gasteiger partial charge in [0.2, 0.25) is 0 Å². The van der Waals surface area contributed by atoms with Crippen molar-refractivity contribution in [3.05, 3.63) is 50.8 Å². The van der Waals surface area contributed by atoms with Crippen LogP contribution in [0.1, 0.15) is 28.6 Å². The average Bonchev–Trinajstić information content (AvgIpc) is 2.61. The Balaban J connectivity index is 2.59. The number of rotatable bonds is 3. The van der Waals surface area contributed by atoms with Gasteiger partial charge in [0.05, 0.1) is 11.7 Å². The van der Waals surface area contributed by atoms with Gasteiger partial charge in [-0.25, -0.2) is 5.43 Å². The molecule has 6 heteroatoms. The molecule has 0 fully saturated rings. The molecule has 0 saturated carbocycles. The number of nitrogens with zero attached hydrogens (tertiary/aromatic N) is 2. The topological polar surface area (TPSA) is 55.9 Å². The lowest BCUT2D eigenvalue weighted by molar-refractivity contribution is 0.628. The molecule has 1 atom stereocenters. The van der Waals surface area contributed by atoms with Crippen LogP contribution >= 0.6 is 23.2 Å². The normalized spacial score (nSPS) is 12.7. The van der Waals surface area contributed by atoms with Gasteiger partial charge in [-0.2, -0.15) is 5.10 Å². The quantitative estimate of drug-likeness (QED) is 0.677.